The number of carbonyl (C=O) groups excluding carboxylic acids is 2. The second-order valence-electron chi connectivity index (χ2n) is 6.02. The van der Waals surface area contributed by atoms with Crippen LogP contribution in [0.3, 0.4) is 0 Å². The standard InChI is InChI=1S/C18H16N4O2/c1-10(23)20-13-4-5-16-14(8-13)15(18(24)21-16)6-11-2-3-12-9-19-22-17(12)7-11/h2-7,9,14H,8H2,1H3,(H,19,22)(H,20,23)(H,21,24)/b15-6+. The molecule has 1 aliphatic carbocycles. The van der Waals surface area contributed by atoms with Crippen LogP contribution in [0.2, 0.25) is 0 Å². The average molecular weight is 320 g/mol. The van der Waals surface area contributed by atoms with Gasteiger partial charge in [0.2, 0.25) is 5.91 Å². The summed E-state index contributed by atoms with van der Waals surface area (Å²) in [4.78, 5) is 23.6. The zero-order chi connectivity index (χ0) is 16.7. The van der Waals surface area contributed by atoms with E-state index in [2.05, 4.69) is 20.8 Å². The van der Waals surface area contributed by atoms with Gasteiger partial charge >= 0.3 is 0 Å². The van der Waals surface area contributed by atoms with Crippen LogP contribution >= 0.6 is 0 Å². The van der Waals surface area contributed by atoms with Crippen LogP contribution in [0.1, 0.15) is 18.9 Å². The lowest BCUT2D eigenvalue weighted by Crippen LogP contribution is -2.23. The summed E-state index contributed by atoms with van der Waals surface area (Å²) in [6.45, 7) is 1.48. The van der Waals surface area contributed by atoms with Crippen molar-refractivity contribution in [1.82, 2.24) is 20.8 Å². The normalized spacial score (nSPS) is 21.3. The van der Waals surface area contributed by atoms with Gasteiger partial charge in [-0.25, -0.2) is 0 Å². The second kappa shape index (κ2) is 5.49. The number of H-pyrrole nitrogens is 1. The van der Waals surface area contributed by atoms with Crippen LogP contribution in [0.4, 0.5) is 0 Å². The van der Waals surface area contributed by atoms with Gasteiger partial charge in [0, 0.05) is 41.6 Å². The van der Waals surface area contributed by atoms with Crippen LogP contribution in [-0.4, -0.2) is 22.0 Å². The van der Waals surface area contributed by atoms with Crippen molar-refractivity contribution < 1.29 is 9.59 Å². The first-order valence-corrected chi connectivity index (χ1v) is 7.74. The maximum atomic E-state index is 12.3. The summed E-state index contributed by atoms with van der Waals surface area (Å²) >= 11 is 0. The maximum absolute atomic E-state index is 12.3. The monoisotopic (exact) mass is 320 g/mol. The van der Waals surface area contributed by atoms with Crippen LogP contribution in [0.5, 0.6) is 0 Å². The molecule has 0 spiro atoms. The third-order valence-corrected chi connectivity index (χ3v) is 4.28. The van der Waals surface area contributed by atoms with Crippen LogP contribution in [0.15, 0.2) is 53.5 Å². The number of nitrogens with zero attached hydrogens (tertiary/aromatic N) is 1. The highest BCUT2D eigenvalue weighted by Crippen LogP contribution is 2.35. The van der Waals surface area contributed by atoms with Crippen molar-refractivity contribution in [2.24, 2.45) is 5.92 Å². The second-order valence-corrected chi connectivity index (χ2v) is 6.02. The molecule has 6 nitrogen and oxygen atoms in total. The Balaban J connectivity index is 1.67. The van der Waals surface area contributed by atoms with E-state index in [9.17, 15) is 9.59 Å². The third kappa shape index (κ3) is 2.52. The van der Waals surface area contributed by atoms with Crippen molar-refractivity contribution in [3.05, 3.63) is 59.1 Å². The molecule has 2 heterocycles. The molecule has 1 aromatic carbocycles. The molecule has 4 rings (SSSR count). The Labute approximate surface area is 138 Å². The van der Waals surface area contributed by atoms with E-state index in [0.29, 0.717) is 12.0 Å². The number of aromatic amines is 1. The van der Waals surface area contributed by atoms with Crippen molar-refractivity contribution in [2.75, 3.05) is 0 Å². The molecule has 24 heavy (non-hydrogen) atoms. The number of fused-ring (bicyclic) bond motifs is 2. The zero-order valence-electron chi connectivity index (χ0n) is 13.1. The van der Waals surface area contributed by atoms with Crippen LogP contribution < -0.4 is 10.6 Å². The number of rotatable bonds is 2. The Kier molecular flexibility index (Phi) is 3.30. The highest BCUT2D eigenvalue weighted by molar-refractivity contribution is 6.03. The molecular weight excluding hydrogens is 304 g/mol. The first kappa shape index (κ1) is 14.4. The van der Waals surface area contributed by atoms with Crippen molar-refractivity contribution >= 4 is 28.8 Å². The molecular formula is C18H16N4O2. The predicted molar refractivity (Wildman–Crippen MR) is 90.3 cm³/mol. The molecule has 1 saturated heterocycles. The molecule has 0 saturated carbocycles. The van der Waals surface area contributed by atoms with E-state index in [0.717, 1.165) is 27.9 Å². The van der Waals surface area contributed by atoms with E-state index in [-0.39, 0.29) is 17.7 Å². The van der Waals surface area contributed by atoms with Gasteiger partial charge in [0.25, 0.3) is 5.91 Å². The number of hydrogen-bond donors (Lipinski definition) is 3. The molecule has 120 valence electrons. The quantitative estimate of drug-likeness (QED) is 0.740. The van der Waals surface area contributed by atoms with Gasteiger partial charge in [0.1, 0.15) is 0 Å². The molecule has 1 aromatic heterocycles. The summed E-state index contributed by atoms with van der Waals surface area (Å²) in [7, 11) is 0. The van der Waals surface area contributed by atoms with Crippen molar-refractivity contribution in [1.29, 1.82) is 0 Å². The third-order valence-electron chi connectivity index (χ3n) is 4.28. The number of hydrogen-bond acceptors (Lipinski definition) is 3. The number of benzene rings is 1. The minimum atomic E-state index is -0.106. The summed E-state index contributed by atoms with van der Waals surface area (Å²) in [6, 6.07) is 5.91. The van der Waals surface area contributed by atoms with E-state index in [1.807, 2.05) is 36.4 Å². The Hall–Kier alpha value is -3.15. The number of carbonyl (C=O) groups is 2. The van der Waals surface area contributed by atoms with Gasteiger partial charge in [-0.2, -0.15) is 5.10 Å². The Morgan fingerprint density at radius 1 is 1.38 bits per heavy atom. The van der Waals surface area contributed by atoms with Crippen molar-refractivity contribution in [3.8, 4) is 0 Å². The summed E-state index contributed by atoms with van der Waals surface area (Å²) in [5.41, 5.74) is 4.27. The van der Waals surface area contributed by atoms with Crippen LogP contribution in [0.25, 0.3) is 17.0 Å². The minimum absolute atomic E-state index is 0.0539. The molecule has 1 atom stereocenters. The van der Waals surface area contributed by atoms with Gasteiger partial charge in [-0.15, -0.1) is 0 Å². The molecule has 1 unspecified atom stereocenters. The number of nitrogens with one attached hydrogen (secondary N) is 3. The molecule has 1 aliphatic heterocycles. The van der Waals surface area contributed by atoms with Crippen LogP contribution in [0, 0.1) is 5.92 Å². The molecule has 0 radical (unpaired) electrons. The average Bonchev–Trinajstić information content (AvgIpc) is 3.12. The van der Waals surface area contributed by atoms with Crippen molar-refractivity contribution in [2.45, 2.75) is 13.3 Å². The molecule has 2 aromatic rings. The fraction of sp³-hybridized carbons (Fsp3) is 0.167. The molecule has 1 fully saturated rings. The topological polar surface area (TPSA) is 86.9 Å². The molecule has 3 N–H and O–H groups in total. The predicted octanol–water partition coefficient (Wildman–Crippen LogP) is 2.00. The van der Waals surface area contributed by atoms with E-state index in [4.69, 9.17) is 0 Å². The van der Waals surface area contributed by atoms with Gasteiger partial charge < -0.3 is 10.6 Å². The summed E-state index contributed by atoms with van der Waals surface area (Å²) in [5, 5.41) is 13.7. The Morgan fingerprint density at radius 3 is 3.08 bits per heavy atom. The van der Waals surface area contributed by atoms with Crippen LogP contribution in [-0.2, 0) is 9.59 Å². The van der Waals surface area contributed by atoms with E-state index in [1.165, 1.54) is 6.92 Å². The fourth-order valence-electron chi connectivity index (χ4n) is 3.18. The maximum Gasteiger partial charge on any atom is 0.252 e. The van der Waals surface area contributed by atoms with E-state index in [1.54, 1.807) is 6.20 Å². The van der Waals surface area contributed by atoms with E-state index < -0.39 is 0 Å². The fourth-order valence-corrected chi connectivity index (χ4v) is 3.18. The van der Waals surface area contributed by atoms with Gasteiger partial charge in [-0.05, 0) is 29.9 Å². The summed E-state index contributed by atoms with van der Waals surface area (Å²) in [6.07, 6.45) is 7.96. The smallest absolute Gasteiger partial charge is 0.252 e. The van der Waals surface area contributed by atoms with Gasteiger partial charge in [-0.1, -0.05) is 12.1 Å². The van der Waals surface area contributed by atoms with Gasteiger partial charge in [0.05, 0.1) is 11.7 Å². The Morgan fingerprint density at radius 2 is 2.25 bits per heavy atom. The Bertz CT molecular complexity index is 949. The highest BCUT2D eigenvalue weighted by atomic mass is 16.2. The van der Waals surface area contributed by atoms with E-state index >= 15 is 0 Å². The lowest BCUT2D eigenvalue weighted by Gasteiger charge is -2.18. The molecule has 6 heteroatoms. The molecule has 0 bridgehead atoms. The minimum Gasteiger partial charge on any atom is -0.330 e. The lowest BCUT2D eigenvalue weighted by atomic mass is 9.89. The SMILES string of the molecule is CC(=O)NC1=CC=C2NC(=O)/C(=C/c3ccc4cn[nH]c4c3)C2C1. The molecule has 2 aliphatic rings. The molecule has 2 amide bonds. The first-order valence-electron chi connectivity index (χ1n) is 7.74. The largest absolute Gasteiger partial charge is 0.330 e. The summed E-state index contributed by atoms with van der Waals surface area (Å²) < 4.78 is 0. The zero-order valence-corrected chi connectivity index (χ0v) is 13.1. The number of allylic oxidation sites excluding steroid dienone is 4. The lowest BCUT2D eigenvalue weighted by molar-refractivity contribution is -0.118. The first-order chi connectivity index (χ1) is 11.6. The number of amides is 2. The number of aromatic nitrogens is 2. The van der Waals surface area contributed by atoms with Gasteiger partial charge in [0.15, 0.2) is 0 Å². The van der Waals surface area contributed by atoms with Gasteiger partial charge in [-0.3, -0.25) is 14.7 Å². The highest BCUT2D eigenvalue weighted by Gasteiger charge is 2.34. The van der Waals surface area contributed by atoms with Crippen molar-refractivity contribution in [3.63, 3.8) is 0 Å². The summed E-state index contributed by atoms with van der Waals surface area (Å²) in [5.74, 6) is -0.249.